The Labute approximate surface area is 298 Å². The van der Waals surface area contributed by atoms with Gasteiger partial charge in [0.05, 0.1) is 36.1 Å². The van der Waals surface area contributed by atoms with Gasteiger partial charge in [-0.15, -0.1) is 5.10 Å². The summed E-state index contributed by atoms with van der Waals surface area (Å²) in [5, 5.41) is 30.7. The molecule has 2 N–H and O–H groups in total. The number of amides is 2. The number of rotatable bonds is 11. The van der Waals surface area contributed by atoms with Crippen LogP contribution in [0.3, 0.4) is 0 Å². The van der Waals surface area contributed by atoms with Crippen molar-refractivity contribution in [3.8, 4) is 5.75 Å². The van der Waals surface area contributed by atoms with Crippen molar-refractivity contribution in [3.05, 3.63) is 142 Å². The Hall–Kier alpha value is -5.10. The van der Waals surface area contributed by atoms with Crippen LogP contribution in [0.15, 0.2) is 120 Å². The molecule has 10 nitrogen and oxygen atoms in total. The number of aliphatic hydroxyl groups is 2. The van der Waals surface area contributed by atoms with Gasteiger partial charge in [0, 0.05) is 34.4 Å². The van der Waals surface area contributed by atoms with Crippen LogP contribution in [-0.4, -0.2) is 50.2 Å². The molecule has 2 aliphatic heterocycles. The SMILES string of the molecule is C[C@@H](/C=C/CCn1cc(C(CO)c2ccccc2)nn1)[C@]1(O)C(=O)N(Cc2cccc(N3C(=O)COc4ccccc43)c2)c2ccc(Br)cc21. The first-order valence-corrected chi connectivity index (χ1v) is 17.3. The van der Waals surface area contributed by atoms with Crippen LogP contribution < -0.4 is 14.5 Å². The van der Waals surface area contributed by atoms with Gasteiger partial charge in [-0.3, -0.25) is 19.2 Å². The summed E-state index contributed by atoms with van der Waals surface area (Å²) in [6.45, 7) is 2.44. The second-order valence-corrected chi connectivity index (χ2v) is 13.4. The number of nitrogens with zero attached hydrogens (tertiary/aromatic N) is 5. The summed E-state index contributed by atoms with van der Waals surface area (Å²) in [7, 11) is 0. The number of para-hydroxylation sites is 2. The number of aryl methyl sites for hydroxylation is 1. The van der Waals surface area contributed by atoms with Crippen LogP contribution in [0.1, 0.15) is 41.6 Å². The predicted octanol–water partition coefficient (Wildman–Crippen LogP) is 6.24. The van der Waals surface area contributed by atoms with Crippen molar-refractivity contribution in [3.63, 3.8) is 0 Å². The van der Waals surface area contributed by atoms with E-state index >= 15 is 0 Å². The summed E-state index contributed by atoms with van der Waals surface area (Å²) < 4.78 is 8.11. The molecule has 0 fully saturated rings. The second-order valence-electron chi connectivity index (χ2n) is 12.5. The molecular weight excluding hydrogens is 698 g/mol. The number of carbonyl (C=O) groups is 2. The first-order valence-electron chi connectivity index (χ1n) is 16.5. The number of ether oxygens (including phenoxy) is 1. The highest BCUT2D eigenvalue weighted by Gasteiger charge is 2.52. The summed E-state index contributed by atoms with van der Waals surface area (Å²) >= 11 is 3.53. The molecule has 1 unspecified atom stereocenters. The van der Waals surface area contributed by atoms with E-state index in [1.54, 1.807) is 20.5 Å². The molecular formula is C39H36BrN5O5. The molecule has 0 aliphatic carbocycles. The average Bonchev–Trinajstić information content (AvgIpc) is 3.68. The van der Waals surface area contributed by atoms with Crippen molar-refractivity contribution >= 4 is 44.8 Å². The van der Waals surface area contributed by atoms with Crippen LogP contribution in [-0.2, 0) is 28.3 Å². The zero-order valence-electron chi connectivity index (χ0n) is 27.4. The molecule has 50 heavy (non-hydrogen) atoms. The average molecular weight is 735 g/mol. The minimum absolute atomic E-state index is 0.0646. The number of hydrogen-bond acceptors (Lipinski definition) is 7. The van der Waals surface area contributed by atoms with Crippen molar-refractivity contribution in [2.75, 3.05) is 23.0 Å². The van der Waals surface area contributed by atoms with Gasteiger partial charge < -0.3 is 19.8 Å². The van der Waals surface area contributed by atoms with Crippen molar-refractivity contribution in [1.82, 2.24) is 15.0 Å². The predicted molar refractivity (Wildman–Crippen MR) is 193 cm³/mol. The van der Waals surface area contributed by atoms with Crippen molar-refractivity contribution in [2.24, 2.45) is 5.92 Å². The van der Waals surface area contributed by atoms with Crippen LogP contribution >= 0.6 is 15.9 Å². The van der Waals surface area contributed by atoms with Crippen molar-refractivity contribution in [1.29, 1.82) is 0 Å². The summed E-state index contributed by atoms with van der Waals surface area (Å²) in [6.07, 6.45) is 6.25. The third-order valence-electron chi connectivity index (χ3n) is 9.35. The summed E-state index contributed by atoms with van der Waals surface area (Å²) in [4.78, 5) is 30.4. The number of carbonyl (C=O) groups excluding carboxylic acids is 2. The highest BCUT2D eigenvalue weighted by atomic mass is 79.9. The number of allylic oxidation sites excluding steroid dienone is 1. The molecule has 1 aromatic heterocycles. The van der Waals surface area contributed by atoms with Crippen LogP contribution in [0, 0.1) is 5.92 Å². The molecule has 11 heteroatoms. The molecule has 0 saturated carbocycles. The first-order chi connectivity index (χ1) is 24.3. The van der Waals surface area contributed by atoms with Gasteiger partial charge in [-0.2, -0.15) is 0 Å². The Kier molecular flexibility index (Phi) is 9.37. The summed E-state index contributed by atoms with van der Waals surface area (Å²) in [6, 6.07) is 30.1. The van der Waals surface area contributed by atoms with E-state index in [1.807, 2.05) is 116 Å². The summed E-state index contributed by atoms with van der Waals surface area (Å²) in [5.74, 6) is -0.785. The smallest absolute Gasteiger partial charge is 0.269 e. The van der Waals surface area contributed by atoms with E-state index < -0.39 is 17.4 Å². The molecule has 0 spiro atoms. The fourth-order valence-electron chi connectivity index (χ4n) is 6.72. The lowest BCUT2D eigenvalue weighted by Gasteiger charge is -2.30. The van der Waals surface area contributed by atoms with Gasteiger partial charge in [-0.1, -0.05) is 94.8 Å². The highest BCUT2D eigenvalue weighted by molar-refractivity contribution is 9.10. The number of fused-ring (bicyclic) bond motifs is 2. The molecule has 0 saturated heterocycles. The zero-order valence-corrected chi connectivity index (χ0v) is 29.0. The lowest BCUT2D eigenvalue weighted by molar-refractivity contribution is -0.139. The monoisotopic (exact) mass is 733 g/mol. The Morgan fingerprint density at radius 2 is 1.78 bits per heavy atom. The Morgan fingerprint density at radius 1 is 0.980 bits per heavy atom. The Bertz CT molecular complexity index is 2070. The quantitative estimate of drug-likeness (QED) is 0.154. The van der Waals surface area contributed by atoms with Crippen molar-refractivity contribution in [2.45, 2.75) is 38.0 Å². The number of hydrogen-bond donors (Lipinski definition) is 2. The van der Waals surface area contributed by atoms with E-state index in [0.29, 0.717) is 47.0 Å². The van der Waals surface area contributed by atoms with Crippen LogP contribution in [0.5, 0.6) is 5.75 Å². The highest BCUT2D eigenvalue weighted by Crippen LogP contribution is 2.47. The maximum absolute atomic E-state index is 14.2. The summed E-state index contributed by atoms with van der Waals surface area (Å²) in [5.41, 5.74) is 3.16. The van der Waals surface area contributed by atoms with Gasteiger partial charge in [0.2, 0.25) is 0 Å². The van der Waals surface area contributed by atoms with Gasteiger partial charge in [-0.25, -0.2) is 0 Å². The number of benzene rings is 4. The van der Waals surface area contributed by atoms with Gasteiger partial charge in [-0.05, 0) is 60.0 Å². The minimum atomic E-state index is -1.79. The largest absolute Gasteiger partial charge is 0.482 e. The van der Waals surface area contributed by atoms with E-state index in [0.717, 1.165) is 15.6 Å². The lowest BCUT2D eigenvalue weighted by Crippen LogP contribution is -2.44. The fraction of sp³-hybridized carbons (Fsp3) is 0.231. The molecule has 3 atom stereocenters. The van der Waals surface area contributed by atoms with E-state index in [1.165, 1.54) is 0 Å². The molecule has 7 rings (SSSR count). The molecule has 254 valence electrons. The molecule has 2 amide bonds. The van der Waals surface area contributed by atoms with E-state index in [4.69, 9.17) is 4.74 Å². The Balaban J connectivity index is 1.07. The van der Waals surface area contributed by atoms with Crippen LogP contribution in [0.25, 0.3) is 0 Å². The van der Waals surface area contributed by atoms with Gasteiger partial charge >= 0.3 is 0 Å². The molecule has 0 bridgehead atoms. The van der Waals surface area contributed by atoms with Gasteiger partial charge in [0.25, 0.3) is 11.8 Å². The third-order valence-corrected chi connectivity index (χ3v) is 9.85. The molecule has 4 aromatic carbocycles. The second kappa shape index (κ2) is 14.0. The molecule has 5 aromatic rings. The molecule has 2 aliphatic rings. The fourth-order valence-corrected chi connectivity index (χ4v) is 7.08. The molecule has 0 radical (unpaired) electrons. The zero-order chi connectivity index (χ0) is 34.8. The van der Waals surface area contributed by atoms with Crippen LogP contribution in [0.2, 0.25) is 0 Å². The maximum atomic E-state index is 14.2. The standard InChI is InChI=1S/C39H36BrN5O5/c1-26(10-7-8-19-43-23-33(41-42-43)31(24-46)28-12-3-2-4-13-28)39(49)32-21-29(40)17-18-34(32)44(38(39)48)22-27-11-9-14-30(20-27)45-35-15-5-6-16-36(35)50-25-37(45)47/h2-7,9-18,20-21,23,26,31,46,49H,8,19,22,24-25H2,1H3/b10-7+/t26-,31?,39+/m0/s1. The first kappa shape index (κ1) is 33.4. The third kappa shape index (κ3) is 6.24. The van der Waals surface area contributed by atoms with Gasteiger partial charge in [0.1, 0.15) is 5.75 Å². The molecule has 3 heterocycles. The number of anilines is 3. The number of aliphatic hydroxyl groups excluding tert-OH is 1. The maximum Gasteiger partial charge on any atom is 0.269 e. The van der Waals surface area contributed by atoms with Gasteiger partial charge in [0.15, 0.2) is 12.2 Å². The minimum Gasteiger partial charge on any atom is -0.482 e. The lowest BCUT2D eigenvalue weighted by atomic mass is 9.83. The number of halogens is 1. The normalized spacial score (nSPS) is 18.2. The van der Waals surface area contributed by atoms with Crippen molar-refractivity contribution < 1.29 is 24.5 Å². The van der Waals surface area contributed by atoms with E-state index in [-0.39, 0.29) is 31.6 Å². The Morgan fingerprint density at radius 3 is 2.60 bits per heavy atom. The van der Waals surface area contributed by atoms with E-state index in [2.05, 4.69) is 26.2 Å². The topological polar surface area (TPSA) is 121 Å². The van der Waals surface area contributed by atoms with E-state index in [9.17, 15) is 19.8 Å². The van der Waals surface area contributed by atoms with Crippen LogP contribution in [0.4, 0.5) is 17.1 Å². The number of aromatic nitrogens is 3.